The molecule has 11 aromatic rings. The molecule has 11 rings (SSSR count). The molecule has 0 aliphatic heterocycles. The second-order valence-corrected chi connectivity index (χ2v) is 14.1. The Hall–Kier alpha value is -6.56. The number of nitrogens with zero attached hydrogens (tertiary/aromatic N) is 4. The van der Waals surface area contributed by atoms with Crippen molar-refractivity contribution < 1.29 is 0 Å². The van der Waals surface area contributed by atoms with Gasteiger partial charge in [-0.25, -0.2) is 9.97 Å². The van der Waals surface area contributed by atoms with Crippen molar-refractivity contribution >= 4 is 75.3 Å². The molecule has 4 heterocycles. The highest BCUT2D eigenvalue weighted by molar-refractivity contribution is 7.26. The van der Waals surface area contributed by atoms with E-state index >= 15 is 0 Å². The van der Waals surface area contributed by atoms with E-state index in [1.807, 2.05) is 0 Å². The lowest BCUT2D eigenvalue weighted by atomic mass is 10.0. The molecule has 238 valence electrons. The highest BCUT2D eigenvalue weighted by Crippen LogP contribution is 2.41. The number of benzene rings is 7. The summed E-state index contributed by atoms with van der Waals surface area (Å²) in [5.41, 5.74) is 10.9. The highest BCUT2D eigenvalue weighted by atomic mass is 32.1. The lowest BCUT2D eigenvalue weighted by Crippen LogP contribution is -2.03. The van der Waals surface area contributed by atoms with E-state index in [2.05, 4.69) is 179 Å². The molecule has 4 nitrogen and oxygen atoms in total. The molecule has 0 aliphatic carbocycles. The van der Waals surface area contributed by atoms with Crippen LogP contribution in [-0.2, 0) is 0 Å². The van der Waals surface area contributed by atoms with Crippen molar-refractivity contribution in [3.05, 3.63) is 170 Å². The van der Waals surface area contributed by atoms with Crippen LogP contribution in [0.5, 0.6) is 0 Å². The third kappa shape index (κ3) is 4.25. The molecule has 0 saturated heterocycles. The largest absolute Gasteiger partial charge is 0.309 e. The fraction of sp³-hybridized carbons (Fsp3) is 0. The van der Waals surface area contributed by atoms with Gasteiger partial charge in [0.15, 0.2) is 0 Å². The minimum atomic E-state index is 0.666. The maximum atomic E-state index is 5.51. The van der Waals surface area contributed by atoms with E-state index in [9.17, 15) is 0 Å². The molecule has 51 heavy (non-hydrogen) atoms. The Labute approximate surface area is 297 Å². The zero-order valence-corrected chi connectivity index (χ0v) is 28.2. The Balaban J connectivity index is 1.20. The van der Waals surface area contributed by atoms with Gasteiger partial charge in [0, 0.05) is 42.9 Å². The van der Waals surface area contributed by atoms with Crippen molar-refractivity contribution in [2.45, 2.75) is 0 Å². The summed E-state index contributed by atoms with van der Waals surface area (Å²) in [5.74, 6) is 0.666. The topological polar surface area (TPSA) is 35.6 Å². The van der Waals surface area contributed by atoms with Crippen molar-refractivity contribution in [2.75, 3.05) is 0 Å². The molecule has 0 N–H and O–H groups in total. The van der Waals surface area contributed by atoms with Gasteiger partial charge in [-0.1, -0.05) is 127 Å². The van der Waals surface area contributed by atoms with E-state index in [4.69, 9.17) is 9.97 Å². The predicted octanol–water partition coefficient (Wildman–Crippen LogP) is 12.4. The Kier molecular flexibility index (Phi) is 6.09. The molecule has 7 aromatic carbocycles. The maximum absolute atomic E-state index is 5.51. The normalized spacial score (nSPS) is 11.9. The summed E-state index contributed by atoms with van der Waals surface area (Å²) in [6.07, 6.45) is 0. The first-order valence-electron chi connectivity index (χ1n) is 17.2. The molecular weight excluding hydrogens is 641 g/mol. The first-order valence-corrected chi connectivity index (χ1v) is 18.0. The zero-order valence-electron chi connectivity index (χ0n) is 27.4. The number of aromatic nitrogens is 4. The van der Waals surface area contributed by atoms with Crippen LogP contribution < -0.4 is 0 Å². The second kappa shape index (κ2) is 11.0. The van der Waals surface area contributed by atoms with Gasteiger partial charge in [-0.15, -0.1) is 11.3 Å². The van der Waals surface area contributed by atoms with Gasteiger partial charge in [0.2, 0.25) is 5.95 Å². The smallest absolute Gasteiger partial charge is 0.235 e. The minimum Gasteiger partial charge on any atom is -0.309 e. The monoisotopic (exact) mass is 668 g/mol. The Morgan fingerprint density at radius 3 is 1.71 bits per heavy atom. The van der Waals surface area contributed by atoms with Crippen molar-refractivity contribution in [3.63, 3.8) is 0 Å². The van der Waals surface area contributed by atoms with Gasteiger partial charge in [0.1, 0.15) is 0 Å². The summed E-state index contributed by atoms with van der Waals surface area (Å²) in [7, 11) is 0. The Morgan fingerprint density at radius 1 is 0.392 bits per heavy atom. The average Bonchev–Trinajstić information content (AvgIpc) is 3.85. The fourth-order valence-electron chi connectivity index (χ4n) is 7.86. The molecule has 0 amide bonds. The summed E-state index contributed by atoms with van der Waals surface area (Å²) in [6, 6.07) is 60.6. The van der Waals surface area contributed by atoms with Crippen LogP contribution in [0.25, 0.3) is 97.9 Å². The molecule has 0 spiro atoms. The lowest BCUT2D eigenvalue weighted by Gasteiger charge is -2.13. The van der Waals surface area contributed by atoms with Crippen molar-refractivity contribution in [1.29, 1.82) is 0 Å². The van der Waals surface area contributed by atoms with Gasteiger partial charge < -0.3 is 4.57 Å². The summed E-state index contributed by atoms with van der Waals surface area (Å²) < 4.78 is 6.91. The molecule has 0 radical (unpaired) electrons. The van der Waals surface area contributed by atoms with Crippen LogP contribution in [0.2, 0.25) is 0 Å². The fourth-order valence-corrected chi connectivity index (χ4v) is 9.02. The van der Waals surface area contributed by atoms with E-state index < -0.39 is 0 Å². The van der Waals surface area contributed by atoms with Gasteiger partial charge in [-0.05, 0) is 53.6 Å². The van der Waals surface area contributed by atoms with Crippen LogP contribution in [0, 0.1) is 0 Å². The number of para-hydroxylation sites is 3. The number of rotatable bonds is 4. The van der Waals surface area contributed by atoms with Gasteiger partial charge in [-0.3, -0.25) is 4.57 Å². The van der Waals surface area contributed by atoms with E-state index in [1.54, 1.807) is 11.3 Å². The average molecular weight is 669 g/mol. The highest BCUT2D eigenvalue weighted by Gasteiger charge is 2.21. The van der Waals surface area contributed by atoms with Crippen LogP contribution in [-0.4, -0.2) is 19.1 Å². The quantitative estimate of drug-likeness (QED) is 0.187. The van der Waals surface area contributed by atoms with Crippen LogP contribution >= 0.6 is 11.3 Å². The van der Waals surface area contributed by atoms with Gasteiger partial charge >= 0.3 is 0 Å². The third-order valence-electron chi connectivity index (χ3n) is 10.1. The van der Waals surface area contributed by atoms with Gasteiger partial charge in [0.25, 0.3) is 0 Å². The van der Waals surface area contributed by atoms with Crippen LogP contribution in [0.4, 0.5) is 0 Å². The zero-order chi connectivity index (χ0) is 33.5. The van der Waals surface area contributed by atoms with Gasteiger partial charge in [-0.2, -0.15) is 0 Å². The molecule has 5 heteroatoms. The molecular formula is C46H28N4S. The standard InChI is InChI=1S/C46H28N4S/c1-2-13-29(14-3-1)30-25-26-36-35-19-6-10-23-40(35)50(41(36)28-30)46-47-43(45-44(48-46)37-20-7-11-24-42(37)51-45)31-15-12-16-32(27-31)49-38-21-8-4-17-33(38)34-18-5-9-22-39(34)49/h1-28H. The summed E-state index contributed by atoms with van der Waals surface area (Å²) in [5, 5.41) is 6.00. The van der Waals surface area contributed by atoms with Crippen LogP contribution in [0.15, 0.2) is 170 Å². The molecule has 0 aliphatic rings. The SMILES string of the molecule is c1ccc(-c2ccc3c4ccccc4n(-c4nc(-c5cccc(-n6c7ccccc7c7ccccc76)c5)c5sc6ccccc6c5n4)c3c2)cc1. The third-order valence-corrected chi connectivity index (χ3v) is 11.3. The molecule has 0 fully saturated rings. The van der Waals surface area contributed by atoms with Crippen molar-refractivity contribution in [3.8, 4) is 34.0 Å². The minimum absolute atomic E-state index is 0.666. The van der Waals surface area contributed by atoms with Crippen LogP contribution in [0.1, 0.15) is 0 Å². The predicted molar refractivity (Wildman–Crippen MR) is 214 cm³/mol. The Morgan fingerprint density at radius 2 is 0.980 bits per heavy atom. The van der Waals surface area contributed by atoms with Crippen molar-refractivity contribution in [2.24, 2.45) is 0 Å². The number of thiophene rings is 1. The van der Waals surface area contributed by atoms with E-state index in [1.165, 1.54) is 42.8 Å². The first-order chi connectivity index (χ1) is 25.3. The molecule has 0 saturated carbocycles. The molecule has 0 bridgehead atoms. The van der Waals surface area contributed by atoms with Gasteiger partial charge in [0.05, 0.1) is 38.0 Å². The molecule has 0 unspecified atom stereocenters. The Bertz CT molecular complexity index is 3090. The van der Waals surface area contributed by atoms with E-state index in [0.29, 0.717) is 5.95 Å². The van der Waals surface area contributed by atoms with E-state index in [-0.39, 0.29) is 0 Å². The number of hydrogen-bond acceptors (Lipinski definition) is 3. The summed E-state index contributed by atoms with van der Waals surface area (Å²) in [6.45, 7) is 0. The first kappa shape index (κ1) is 28.3. The van der Waals surface area contributed by atoms with Crippen molar-refractivity contribution in [1.82, 2.24) is 19.1 Å². The second-order valence-electron chi connectivity index (χ2n) is 13.0. The molecule has 4 aromatic heterocycles. The maximum Gasteiger partial charge on any atom is 0.235 e. The lowest BCUT2D eigenvalue weighted by molar-refractivity contribution is 1.02. The van der Waals surface area contributed by atoms with E-state index in [0.717, 1.165) is 49.1 Å². The summed E-state index contributed by atoms with van der Waals surface area (Å²) >= 11 is 1.76. The summed E-state index contributed by atoms with van der Waals surface area (Å²) in [4.78, 5) is 10.9. The molecule has 0 atom stereocenters. The number of fused-ring (bicyclic) bond motifs is 9. The number of hydrogen-bond donors (Lipinski definition) is 0. The van der Waals surface area contributed by atoms with Crippen LogP contribution in [0.3, 0.4) is 0 Å².